The summed E-state index contributed by atoms with van der Waals surface area (Å²) in [6, 6.07) is 20.5. The Balaban J connectivity index is 2.22. The van der Waals surface area contributed by atoms with Gasteiger partial charge in [0, 0.05) is 11.9 Å². The van der Waals surface area contributed by atoms with Crippen molar-refractivity contribution in [2.75, 3.05) is 5.32 Å². The van der Waals surface area contributed by atoms with Crippen LogP contribution in [-0.4, -0.2) is 0 Å². The first-order chi connectivity index (χ1) is 9.90. The van der Waals surface area contributed by atoms with Crippen LogP contribution in [0.2, 0.25) is 0 Å². The van der Waals surface area contributed by atoms with E-state index in [2.05, 4.69) is 47.8 Å². The number of hydrogen-bond donors (Lipinski definition) is 1. The van der Waals surface area contributed by atoms with E-state index in [1.54, 1.807) is 0 Å². The van der Waals surface area contributed by atoms with Gasteiger partial charge in [0.25, 0.3) is 0 Å². The van der Waals surface area contributed by atoms with Gasteiger partial charge in [-0.2, -0.15) is 0 Å². The molecule has 0 aliphatic rings. The second kappa shape index (κ2) is 7.80. The molecule has 1 N–H and O–H groups in total. The highest BCUT2D eigenvalue weighted by Crippen LogP contribution is 2.16. The average molecular weight is 261 g/mol. The highest BCUT2D eigenvalue weighted by atomic mass is 14.8. The monoisotopic (exact) mass is 261 g/mol. The molecule has 0 atom stereocenters. The zero-order chi connectivity index (χ0) is 14.0. The lowest BCUT2D eigenvalue weighted by molar-refractivity contribution is 1.55. The number of nitrogens with one attached hydrogen (secondary N) is 1. The summed E-state index contributed by atoms with van der Waals surface area (Å²) in [6.07, 6.45) is 10.2. The van der Waals surface area contributed by atoms with E-state index in [9.17, 15) is 0 Å². The molecular formula is C19H19N. The molecule has 0 aromatic heterocycles. The quantitative estimate of drug-likeness (QED) is 0.723. The second-order valence-corrected chi connectivity index (χ2v) is 4.36. The largest absolute Gasteiger partial charge is 0.361 e. The van der Waals surface area contributed by atoms with Crippen molar-refractivity contribution in [1.29, 1.82) is 0 Å². The van der Waals surface area contributed by atoms with Crippen LogP contribution in [0.25, 0.3) is 5.57 Å². The molecule has 0 spiro atoms. The van der Waals surface area contributed by atoms with E-state index in [0.29, 0.717) is 0 Å². The summed E-state index contributed by atoms with van der Waals surface area (Å²) in [5.41, 5.74) is 3.42. The fourth-order valence-electron chi connectivity index (χ4n) is 1.82. The molecule has 20 heavy (non-hydrogen) atoms. The number of para-hydroxylation sites is 1. The van der Waals surface area contributed by atoms with E-state index in [4.69, 9.17) is 0 Å². The third-order valence-corrected chi connectivity index (χ3v) is 2.85. The Kier molecular flexibility index (Phi) is 5.41. The van der Waals surface area contributed by atoms with Gasteiger partial charge in [0.15, 0.2) is 0 Å². The summed E-state index contributed by atoms with van der Waals surface area (Å²) in [5.74, 6) is 0. The van der Waals surface area contributed by atoms with Crippen LogP contribution in [-0.2, 0) is 0 Å². The summed E-state index contributed by atoms with van der Waals surface area (Å²) in [4.78, 5) is 0. The minimum absolute atomic E-state index is 1.08. The fourth-order valence-corrected chi connectivity index (χ4v) is 1.82. The first-order valence-corrected chi connectivity index (χ1v) is 6.76. The van der Waals surface area contributed by atoms with Crippen molar-refractivity contribution in [2.45, 2.75) is 6.92 Å². The number of benzene rings is 2. The first-order valence-electron chi connectivity index (χ1n) is 6.76. The number of hydrogen-bond acceptors (Lipinski definition) is 1. The molecule has 0 aliphatic carbocycles. The molecular weight excluding hydrogens is 242 g/mol. The maximum absolute atomic E-state index is 3.33. The van der Waals surface area contributed by atoms with Crippen LogP contribution < -0.4 is 5.32 Å². The summed E-state index contributed by atoms with van der Waals surface area (Å²) in [7, 11) is 0. The van der Waals surface area contributed by atoms with E-state index < -0.39 is 0 Å². The SMILES string of the molecule is C\C=C/C=C\C(=C\Nc1ccccc1)c1ccccc1. The normalized spacial score (nSPS) is 12.2. The van der Waals surface area contributed by atoms with Gasteiger partial charge in [0.1, 0.15) is 0 Å². The molecule has 0 bridgehead atoms. The van der Waals surface area contributed by atoms with E-state index in [1.807, 2.05) is 55.6 Å². The minimum Gasteiger partial charge on any atom is -0.361 e. The third-order valence-electron chi connectivity index (χ3n) is 2.85. The predicted molar refractivity (Wildman–Crippen MR) is 88.4 cm³/mol. The molecule has 0 amide bonds. The number of rotatable bonds is 5. The average Bonchev–Trinajstić information content (AvgIpc) is 2.52. The smallest absolute Gasteiger partial charge is 0.0379 e. The Morgan fingerprint density at radius 2 is 1.50 bits per heavy atom. The van der Waals surface area contributed by atoms with Gasteiger partial charge in [-0.15, -0.1) is 0 Å². The van der Waals surface area contributed by atoms with Gasteiger partial charge in [-0.1, -0.05) is 72.8 Å². The topological polar surface area (TPSA) is 12.0 Å². The lowest BCUT2D eigenvalue weighted by atomic mass is 10.1. The zero-order valence-corrected chi connectivity index (χ0v) is 11.7. The van der Waals surface area contributed by atoms with Gasteiger partial charge in [0.2, 0.25) is 0 Å². The summed E-state index contributed by atoms with van der Waals surface area (Å²) in [5, 5.41) is 3.33. The standard InChI is InChI=1S/C19H19N/c1-2-3-6-13-18(17-11-7-4-8-12-17)16-20-19-14-9-5-10-15-19/h2-16,20H,1H3/b3-2-,13-6-,18-16-. The summed E-state index contributed by atoms with van der Waals surface area (Å²) < 4.78 is 0. The van der Waals surface area contributed by atoms with E-state index in [0.717, 1.165) is 11.3 Å². The third kappa shape index (κ3) is 4.29. The zero-order valence-electron chi connectivity index (χ0n) is 11.7. The van der Waals surface area contributed by atoms with Crippen LogP contribution in [0.4, 0.5) is 5.69 Å². The van der Waals surface area contributed by atoms with E-state index in [-0.39, 0.29) is 0 Å². The van der Waals surface area contributed by atoms with Gasteiger partial charge in [-0.05, 0) is 30.2 Å². The Morgan fingerprint density at radius 3 is 2.15 bits per heavy atom. The molecule has 0 fully saturated rings. The maximum atomic E-state index is 3.33. The van der Waals surface area contributed by atoms with Gasteiger partial charge in [-0.25, -0.2) is 0 Å². The van der Waals surface area contributed by atoms with Gasteiger partial charge in [-0.3, -0.25) is 0 Å². The number of anilines is 1. The van der Waals surface area contributed by atoms with Crippen LogP contribution in [0.5, 0.6) is 0 Å². The van der Waals surface area contributed by atoms with Crippen molar-refractivity contribution in [3.63, 3.8) is 0 Å². The lowest BCUT2D eigenvalue weighted by Gasteiger charge is -2.05. The molecule has 2 aromatic rings. The molecule has 0 saturated heterocycles. The van der Waals surface area contributed by atoms with Crippen LogP contribution in [0.1, 0.15) is 12.5 Å². The van der Waals surface area contributed by atoms with E-state index >= 15 is 0 Å². The molecule has 1 heteroatoms. The van der Waals surface area contributed by atoms with Crippen molar-refractivity contribution in [1.82, 2.24) is 0 Å². The molecule has 0 saturated carbocycles. The maximum Gasteiger partial charge on any atom is 0.0379 e. The molecule has 100 valence electrons. The highest BCUT2D eigenvalue weighted by molar-refractivity contribution is 5.75. The van der Waals surface area contributed by atoms with Crippen molar-refractivity contribution >= 4 is 11.3 Å². The van der Waals surface area contributed by atoms with Gasteiger partial charge in [0.05, 0.1) is 0 Å². The Morgan fingerprint density at radius 1 is 0.850 bits per heavy atom. The second-order valence-electron chi connectivity index (χ2n) is 4.36. The summed E-state index contributed by atoms with van der Waals surface area (Å²) in [6.45, 7) is 2.01. The van der Waals surface area contributed by atoms with Crippen LogP contribution in [0, 0.1) is 0 Å². The van der Waals surface area contributed by atoms with Gasteiger partial charge < -0.3 is 5.32 Å². The molecule has 1 nitrogen and oxygen atoms in total. The molecule has 0 heterocycles. The number of allylic oxidation sites excluding steroid dienone is 5. The molecule has 0 aliphatic heterocycles. The van der Waals surface area contributed by atoms with Crippen molar-refractivity contribution in [2.24, 2.45) is 0 Å². The van der Waals surface area contributed by atoms with Gasteiger partial charge >= 0.3 is 0 Å². The molecule has 2 rings (SSSR count). The van der Waals surface area contributed by atoms with Crippen LogP contribution in [0.15, 0.2) is 91.2 Å². The highest BCUT2D eigenvalue weighted by Gasteiger charge is 1.96. The van der Waals surface area contributed by atoms with Crippen LogP contribution >= 0.6 is 0 Å². The van der Waals surface area contributed by atoms with Crippen molar-refractivity contribution < 1.29 is 0 Å². The molecule has 0 radical (unpaired) electrons. The Labute approximate surface area is 121 Å². The first kappa shape index (κ1) is 13.9. The Bertz CT molecular complexity index is 592. The summed E-state index contributed by atoms with van der Waals surface area (Å²) >= 11 is 0. The minimum atomic E-state index is 1.08. The van der Waals surface area contributed by atoms with Crippen molar-refractivity contribution in [3.8, 4) is 0 Å². The van der Waals surface area contributed by atoms with Crippen LogP contribution in [0.3, 0.4) is 0 Å². The van der Waals surface area contributed by atoms with Crippen molar-refractivity contribution in [3.05, 3.63) is 96.7 Å². The fraction of sp³-hybridized carbons (Fsp3) is 0.0526. The molecule has 2 aromatic carbocycles. The predicted octanol–water partition coefficient (Wildman–Crippen LogP) is 5.27. The lowest BCUT2D eigenvalue weighted by Crippen LogP contribution is -1.90. The molecule has 0 unspecified atom stereocenters. The van der Waals surface area contributed by atoms with E-state index in [1.165, 1.54) is 5.56 Å². The Hall–Kier alpha value is -2.54.